The van der Waals surface area contributed by atoms with Crippen molar-refractivity contribution in [1.82, 2.24) is 4.98 Å². The molecule has 7 nitrogen and oxygen atoms in total. The van der Waals surface area contributed by atoms with Crippen molar-refractivity contribution in [3.05, 3.63) is 88.8 Å². The lowest BCUT2D eigenvalue weighted by Crippen LogP contribution is -2.20. The van der Waals surface area contributed by atoms with Gasteiger partial charge in [0.05, 0.1) is 12.7 Å². The van der Waals surface area contributed by atoms with Crippen molar-refractivity contribution < 1.29 is 18.4 Å². The molecule has 7 heteroatoms. The van der Waals surface area contributed by atoms with Crippen molar-refractivity contribution in [3.63, 3.8) is 0 Å². The lowest BCUT2D eigenvalue weighted by molar-refractivity contribution is 0.102. The zero-order chi connectivity index (χ0) is 21.4. The van der Waals surface area contributed by atoms with E-state index >= 15 is 0 Å². The molecule has 2 aromatic heterocycles. The molecular formula is C24H16N2O5. The minimum absolute atomic E-state index is 0.0777. The van der Waals surface area contributed by atoms with E-state index in [1.807, 2.05) is 24.3 Å². The fourth-order valence-corrected chi connectivity index (χ4v) is 3.36. The molecule has 3 aromatic carbocycles. The van der Waals surface area contributed by atoms with Crippen LogP contribution in [0.15, 0.2) is 86.4 Å². The van der Waals surface area contributed by atoms with Crippen LogP contribution in [0.3, 0.4) is 0 Å². The molecule has 5 aromatic rings. The maximum Gasteiger partial charge on any atom is 0.349 e. The first kappa shape index (κ1) is 18.6. The Morgan fingerprint density at radius 1 is 0.935 bits per heavy atom. The summed E-state index contributed by atoms with van der Waals surface area (Å²) in [4.78, 5) is 29.4. The summed E-state index contributed by atoms with van der Waals surface area (Å²) in [6.45, 7) is 0. The second kappa shape index (κ2) is 7.46. The molecule has 0 saturated carbocycles. The normalized spacial score (nSPS) is 11.0. The third-order valence-corrected chi connectivity index (χ3v) is 4.87. The molecular weight excluding hydrogens is 396 g/mol. The highest BCUT2D eigenvalue weighted by Crippen LogP contribution is 2.32. The molecule has 0 spiro atoms. The number of nitrogens with one attached hydrogen (secondary N) is 1. The Morgan fingerprint density at radius 3 is 2.61 bits per heavy atom. The fraction of sp³-hybridized carbons (Fsp3) is 0.0417. The van der Waals surface area contributed by atoms with E-state index in [9.17, 15) is 9.59 Å². The number of ether oxygens (including phenoxy) is 1. The second-order valence-electron chi connectivity index (χ2n) is 6.84. The Balaban J connectivity index is 1.47. The number of amides is 1. The van der Waals surface area contributed by atoms with Crippen LogP contribution in [0.2, 0.25) is 0 Å². The van der Waals surface area contributed by atoms with Gasteiger partial charge in [-0.3, -0.25) is 4.79 Å². The second-order valence-corrected chi connectivity index (χ2v) is 6.84. The van der Waals surface area contributed by atoms with Gasteiger partial charge in [-0.25, -0.2) is 9.78 Å². The summed E-state index contributed by atoms with van der Waals surface area (Å²) < 4.78 is 16.5. The van der Waals surface area contributed by atoms with Gasteiger partial charge in [0.15, 0.2) is 5.58 Å². The van der Waals surface area contributed by atoms with Crippen LogP contribution in [0.5, 0.6) is 5.75 Å². The van der Waals surface area contributed by atoms with Gasteiger partial charge in [0.25, 0.3) is 5.91 Å². The Kier molecular flexibility index (Phi) is 4.48. The van der Waals surface area contributed by atoms with Crippen molar-refractivity contribution >= 4 is 33.7 Å². The van der Waals surface area contributed by atoms with Crippen LogP contribution in [-0.2, 0) is 0 Å². The molecule has 1 amide bonds. The van der Waals surface area contributed by atoms with E-state index < -0.39 is 11.5 Å². The maximum atomic E-state index is 12.7. The fourth-order valence-electron chi connectivity index (χ4n) is 3.36. The van der Waals surface area contributed by atoms with Crippen molar-refractivity contribution in [2.75, 3.05) is 12.4 Å². The summed E-state index contributed by atoms with van der Waals surface area (Å²) in [5.74, 6) is 0.486. The van der Waals surface area contributed by atoms with Gasteiger partial charge in [-0.15, -0.1) is 0 Å². The number of methoxy groups -OCH3 is 1. The first-order chi connectivity index (χ1) is 15.1. The zero-order valence-electron chi connectivity index (χ0n) is 16.4. The smallest absolute Gasteiger partial charge is 0.349 e. The number of oxazole rings is 1. The lowest BCUT2D eigenvalue weighted by Gasteiger charge is -2.05. The third kappa shape index (κ3) is 3.42. The van der Waals surface area contributed by atoms with E-state index in [1.165, 1.54) is 6.07 Å². The van der Waals surface area contributed by atoms with Crippen molar-refractivity contribution in [2.24, 2.45) is 0 Å². The number of aromatic nitrogens is 1. The van der Waals surface area contributed by atoms with E-state index in [1.54, 1.807) is 49.6 Å². The highest BCUT2D eigenvalue weighted by atomic mass is 16.5. The minimum atomic E-state index is -0.699. The van der Waals surface area contributed by atoms with Crippen molar-refractivity contribution in [3.8, 4) is 17.2 Å². The van der Waals surface area contributed by atoms with Gasteiger partial charge in [-0.05, 0) is 36.4 Å². The minimum Gasteiger partial charge on any atom is -0.496 e. The number of nitrogens with zero attached hydrogens (tertiary/aromatic N) is 1. The molecule has 0 saturated heterocycles. The van der Waals surface area contributed by atoms with Gasteiger partial charge in [0.2, 0.25) is 5.89 Å². The van der Waals surface area contributed by atoms with Crippen LogP contribution < -0.4 is 15.7 Å². The molecule has 0 unspecified atom stereocenters. The number of rotatable bonds is 4. The number of carbonyl (C=O) groups is 1. The molecule has 0 atom stereocenters. The Labute approximate surface area is 175 Å². The quantitative estimate of drug-likeness (QED) is 0.424. The average Bonchev–Trinajstić information content (AvgIpc) is 3.21. The highest BCUT2D eigenvalue weighted by molar-refractivity contribution is 6.06. The molecule has 0 bridgehead atoms. The van der Waals surface area contributed by atoms with E-state index in [0.29, 0.717) is 39.4 Å². The summed E-state index contributed by atoms with van der Waals surface area (Å²) in [5, 5.41) is 3.38. The van der Waals surface area contributed by atoms with Gasteiger partial charge >= 0.3 is 5.63 Å². The molecule has 0 aliphatic rings. The number of carbonyl (C=O) groups excluding carboxylic acids is 1. The number of hydrogen-bond acceptors (Lipinski definition) is 6. The molecule has 0 aliphatic carbocycles. The van der Waals surface area contributed by atoms with Gasteiger partial charge in [0, 0.05) is 17.1 Å². The molecule has 31 heavy (non-hydrogen) atoms. The summed E-state index contributed by atoms with van der Waals surface area (Å²) in [7, 11) is 1.58. The first-order valence-corrected chi connectivity index (χ1v) is 9.50. The van der Waals surface area contributed by atoms with Crippen LogP contribution >= 0.6 is 0 Å². The van der Waals surface area contributed by atoms with E-state index in [4.69, 9.17) is 13.6 Å². The van der Waals surface area contributed by atoms with Gasteiger partial charge in [0.1, 0.15) is 22.4 Å². The largest absolute Gasteiger partial charge is 0.496 e. The standard InChI is InChI=1S/C24H16N2O5/c1-29-20-9-5-3-7-16(20)23-26-18-11-10-15(13-21(18)30-23)25-22(27)17-12-14-6-2-4-8-19(14)31-24(17)28/h2-13H,1H3,(H,25,27). The predicted molar refractivity (Wildman–Crippen MR) is 116 cm³/mol. The van der Waals surface area contributed by atoms with Gasteiger partial charge in [-0.1, -0.05) is 30.3 Å². The molecule has 2 heterocycles. The third-order valence-electron chi connectivity index (χ3n) is 4.87. The van der Waals surface area contributed by atoms with Crippen molar-refractivity contribution in [2.45, 2.75) is 0 Å². The molecule has 0 radical (unpaired) electrons. The number of benzene rings is 3. The number of para-hydroxylation sites is 2. The Bertz CT molecular complexity index is 1500. The predicted octanol–water partition coefficient (Wildman–Crippen LogP) is 4.86. The maximum absolute atomic E-state index is 12.7. The molecule has 152 valence electrons. The SMILES string of the molecule is COc1ccccc1-c1nc2ccc(NC(=O)c3cc4ccccc4oc3=O)cc2o1. The van der Waals surface area contributed by atoms with Gasteiger partial charge in [-0.2, -0.15) is 0 Å². The van der Waals surface area contributed by atoms with Crippen molar-refractivity contribution in [1.29, 1.82) is 0 Å². The number of hydrogen-bond donors (Lipinski definition) is 1. The summed E-state index contributed by atoms with van der Waals surface area (Å²) in [6, 6.07) is 21.0. The Morgan fingerprint density at radius 2 is 1.74 bits per heavy atom. The van der Waals surface area contributed by atoms with E-state index in [-0.39, 0.29) is 5.56 Å². The van der Waals surface area contributed by atoms with E-state index in [2.05, 4.69) is 10.3 Å². The van der Waals surface area contributed by atoms with Crippen LogP contribution in [-0.4, -0.2) is 18.0 Å². The van der Waals surface area contributed by atoms with Crippen LogP contribution in [0, 0.1) is 0 Å². The topological polar surface area (TPSA) is 94.6 Å². The summed E-state index contributed by atoms with van der Waals surface area (Å²) in [5.41, 5.74) is 1.96. The van der Waals surface area contributed by atoms with Gasteiger partial charge < -0.3 is 18.9 Å². The summed E-state index contributed by atoms with van der Waals surface area (Å²) >= 11 is 0. The lowest BCUT2D eigenvalue weighted by atomic mass is 10.1. The molecule has 1 N–H and O–H groups in total. The summed E-state index contributed by atoms with van der Waals surface area (Å²) in [6.07, 6.45) is 0. The van der Waals surface area contributed by atoms with E-state index in [0.717, 1.165) is 5.56 Å². The molecule has 0 fully saturated rings. The Hall–Kier alpha value is -4.39. The zero-order valence-corrected chi connectivity index (χ0v) is 16.4. The average molecular weight is 412 g/mol. The first-order valence-electron chi connectivity index (χ1n) is 9.50. The monoisotopic (exact) mass is 412 g/mol. The number of fused-ring (bicyclic) bond motifs is 2. The van der Waals surface area contributed by atoms with Crippen LogP contribution in [0.4, 0.5) is 5.69 Å². The number of anilines is 1. The van der Waals surface area contributed by atoms with Crippen LogP contribution in [0.25, 0.3) is 33.5 Å². The highest BCUT2D eigenvalue weighted by Gasteiger charge is 2.16. The molecule has 5 rings (SSSR count). The molecule has 0 aliphatic heterocycles. The van der Waals surface area contributed by atoms with Crippen LogP contribution in [0.1, 0.15) is 10.4 Å².